The third-order valence-electron chi connectivity index (χ3n) is 4.30. The Hall–Kier alpha value is -3.22. The largest absolute Gasteiger partial charge is 0.331 e. The molecule has 0 atom stereocenters. The van der Waals surface area contributed by atoms with Crippen molar-refractivity contribution < 1.29 is 9.59 Å². The fraction of sp³-hybridized carbons (Fsp3) is 0.0870. The van der Waals surface area contributed by atoms with Crippen molar-refractivity contribution in [3.8, 4) is 11.1 Å². The highest BCUT2D eigenvalue weighted by Gasteiger charge is 2.11. The van der Waals surface area contributed by atoms with E-state index in [1.807, 2.05) is 42.5 Å². The first-order valence-corrected chi connectivity index (χ1v) is 10.1. The van der Waals surface area contributed by atoms with E-state index in [0.29, 0.717) is 28.4 Å². The maximum Gasteiger partial charge on any atom is 0.257 e. The molecule has 0 aliphatic rings. The summed E-state index contributed by atoms with van der Waals surface area (Å²) in [5.74, 6) is -0.447. The van der Waals surface area contributed by atoms with E-state index in [4.69, 9.17) is 23.8 Å². The number of benzene rings is 3. The third kappa shape index (κ3) is 5.65. The van der Waals surface area contributed by atoms with Gasteiger partial charge in [-0.05, 0) is 53.7 Å². The van der Waals surface area contributed by atoms with Gasteiger partial charge in [-0.3, -0.25) is 14.9 Å². The summed E-state index contributed by atoms with van der Waals surface area (Å²) in [5.41, 5.74) is 3.64. The molecule has 0 unspecified atom stereocenters. The van der Waals surface area contributed by atoms with E-state index >= 15 is 0 Å². The van der Waals surface area contributed by atoms with Crippen LogP contribution in [0.25, 0.3) is 11.1 Å². The van der Waals surface area contributed by atoms with Crippen molar-refractivity contribution in [2.75, 3.05) is 10.6 Å². The molecule has 2 amide bonds. The zero-order chi connectivity index (χ0) is 21.5. The smallest absolute Gasteiger partial charge is 0.257 e. The lowest BCUT2D eigenvalue weighted by atomic mass is 10.0. The molecule has 0 saturated carbocycles. The Balaban J connectivity index is 1.64. The number of rotatable bonds is 5. The van der Waals surface area contributed by atoms with Crippen molar-refractivity contribution in [2.24, 2.45) is 0 Å². The van der Waals surface area contributed by atoms with Crippen molar-refractivity contribution in [3.63, 3.8) is 0 Å². The van der Waals surface area contributed by atoms with Gasteiger partial charge in [-0.25, -0.2) is 0 Å². The van der Waals surface area contributed by atoms with Crippen LogP contribution in [-0.2, 0) is 4.79 Å². The summed E-state index contributed by atoms with van der Waals surface area (Å²) in [4.78, 5) is 24.1. The van der Waals surface area contributed by atoms with Gasteiger partial charge in [-0.15, -0.1) is 0 Å². The predicted octanol–water partition coefficient (Wildman–Crippen LogP) is 5.48. The summed E-state index contributed by atoms with van der Waals surface area (Å²) in [6.07, 6.45) is 0.364. The highest BCUT2D eigenvalue weighted by molar-refractivity contribution is 7.80. The summed E-state index contributed by atoms with van der Waals surface area (Å²) < 4.78 is 0. The minimum atomic E-state index is -0.335. The Bertz CT molecular complexity index is 1070. The van der Waals surface area contributed by atoms with Gasteiger partial charge in [0.2, 0.25) is 5.91 Å². The van der Waals surface area contributed by atoms with Crippen LogP contribution >= 0.6 is 23.8 Å². The van der Waals surface area contributed by atoms with Gasteiger partial charge in [0.1, 0.15) is 0 Å². The first kappa shape index (κ1) is 21.5. The Morgan fingerprint density at radius 2 is 1.57 bits per heavy atom. The number of halogens is 1. The molecule has 3 aromatic carbocycles. The lowest BCUT2D eigenvalue weighted by molar-refractivity contribution is -0.115. The normalized spacial score (nSPS) is 10.2. The molecule has 30 heavy (non-hydrogen) atoms. The topological polar surface area (TPSA) is 70.2 Å². The maximum atomic E-state index is 12.5. The maximum absolute atomic E-state index is 12.5. The van der Waals surface area contributed by atoms with Crippen LogP contribution in [0.2, 0.25) is 5.02 Å². The molecule has 0 aliphatic heterocycles. The van der Waals surface area contributed by atoms with E-state index in [-0.39, 0.29) is 16.9 Å². The zero-order valence-electron chi connectivity index (χ0n) is 16.2. The van der Waals surface area contributed by atoms with Gasteiger partial charge in [0.15, 0.2) is 5.11 Å². The van der Waals surface area contributed by atoms with Crippen molar-refractivity contribution >= 4 is 52.1 Å². The number of thiocarbonyl (C=S) groups is 1. The van der Waals surface area contributed by atoms with E-state index < -0.39 is 0 Å². The van der Waals surface area contributed by atoms with E-state index in [1.165, 1.54) is 0 Å². The van der Waals surface area contributed by atoms with E-state index in [0.717, 1.165) is 11.1 Å². The molecule has 0 heterocycles. The Morgan fingerprint density at radius 1 is 0.900 bits per heavy atom. The summed E-state index contributed by atoms with van der Waals surface area (Å²) in [6.45, 7) is 1.77. The first-order valence-electron chi connectivity index (χ1n) is 9.33. The molecule has 0 radical (unpaired) electrons. The summed E-state index contributed by atoms with van der Waals surface area (Å²) in [5, 5.41) is 8.80. The predicted molar refractivity (Wildman–Crippen MR) is 126 cm³/mol. The molecule has 0 aromatic heterocycles. The monoisotopic (exact) mass is 437 g/mol. The number of anilines is 2. The molecule has 0 bridgehead atoms. The van der Waals surface area contributed by atoms with Crippen molar-refractivity contribution in [3.05, 3.63) is 83.4 Å². The van der Waals surface area contributed by atoms with Crippen LogP contribution in [0.15, 0.2) is 72.8 Å². The molecular weight excluding hydrogens is 418 g/mol. The van der Waals surface area contributed by atoms with Crippen LogP contribution in [0.3, 0.4) is 0 Å². The lowest BCUT2D eigenvalue weighted by Gasteiger charge is -2.13. The Morgan fingerprint density at radius 3 is 2.23 bits per heavy atom. The minimum Gasteiger partial charge on any atom is -0.331 e. The zero-order valence-corrected chi connectivity index (χ0v) is 17.8. The number of nitrogens with one attached hydrogen (secondary N) is 3. The Labute approximate surface area is 185 Å². The van der Waals surface area contributed by atoms with E-state index in [1.54, 1.807) is 37.3 Å². The van der Waals surface area contributed by atoms with Crippen molar-refractivity contribution in [1.29, 1.82) is 0 Å². The number of hydrogen-bond acceptors (Lipinski definition) is 3. The second kappa shape index (κ2) is 10.0. The third-order valence-corrected chi connectivity index (χ3v) is 4.83. The number of hydrogen-bond donors (Lipinski definition) is 3. The van der Waals surface area contributed by atoms with Crippen LogP contribution in [-0.4, -0.2) is 16.9 Å². The molecule has 7 heteroatoms. The van der Waals surface area contributed by atoms with Gasteiger partial charge in [-0.2, -0.15) is 0 Å². The first-order chi connectivity index (χ1) is 14.5. The lowest BCUT2D eigenvalue weighted by Crippen LogP contribution is -2.34. The van der Waals surface area contributed by atoms with Crippen LogP contribution in [0, 0.1) is 0 Å². The van der Waals surface area contributed by atoms with E-state index in [2.05, 4.69) is 16.0 Å². The SMILES string of the molecule is CCC(=O)Nc1ccc(Cl)c(NC(=S)NC(=O)c2ccc(-c3ccccc3)cc2)c1. The van der Waals surface area contributed by atoms with Crippen molar-refractivity contribution in [1.82, 2.24) is 5.32 Å². The molecule has 3 N–H and O–H groups in total. The van der Waals surface area contributed by atoms with Crippen LogP contribution < -0.4 is 16.0 Å². The highest BCUT2D eigenvalue weighted by Crippen LogP contribution is 2.26. The average Bonchev–Trinajstić information content (AvgIpc) is 2.76. The number of carbonyl (C=O) groups excluding carboxylic acids is 2. The fourth-order valence-corrected chi connectivity index (χ4v) is 3.09. The molecule has 3 aromatic rings. The van der Waals surface area contributed by atoms with E-state index in [9.17, 15) is 9.59 Å². The molecule has 0 aliphatic carbocycles. The average molecular weight is 438 g/mol. The Kier molecular flexibility index (Phi) is 7.17. The molecule has 0 fully saturated rings. The van der Waals surface area contributed by atoms with Gasteiger partial charge in [0.25, 0.3) is 5.91 Å². The van der Waals surface area contributed by atoms with Gasteiger partial charge < -0.3 is 10.6 Å². The molecule has 152 valence electrons. The van der Waals surface area contributed by atoms with Crippen LogP contribution in [0.4, 0.5) is 11.4 Å². The van der Waals surface area contributed by atoms with Gasteiger partial charge in [0.05, 0.1) is 10.7 Å². The van der Waals surface area contributed by atoms with Gasteiger partial charge in [-0.1, -0.05) is 61.0 Å². The molecule has 5 nitrogen and oxygen atoms in total. The van der Waals surface area contributed by atoms with Crippen LogP contribution in [0.1, 0.15) is 23.7 Å². The number of carbonyl (C=O) groups is 2. The highest BCUT2D eigenvalue weighted by atomic mass is 35.5. The summed E-state index contributed by atoms with van der Waals surface area (Å²) in [6, 6.07) is 22.2. The second-order valence-corrected chi connectivity index (χ2v) is 7.26. The van der Waals surface area contributed by atoms with Gasteiger partial charge >= 0.3 is 0 Å². The minimum absolute atomic E-state index is 0.105. The fourth-order valence-electron chi connectivity index (χ4n) is 2.72. The van der Waals surface area contributed by atoms with Crippen molar-refractivity contribution in [2.45, 2.75) is 13.3 Å². The quantitative estimate of drug-likeness (QED) is 0.462. The standard InChI is InChI=1S/C23H20ClN3O2S/c1-2-21(28)25-18-12-13-19(24)20(14-18)26-23(30)27-22(29)17-10-8-16(9-11-17)15-6-4-3-5-7-15/h3-14H,2H2,1H3,(H,25,28)(H2,26,27,29,30). The molecule has 0 spiro atoms. The second-order valence-electron chi connectivity index (χ2n) is 6.45. The summed E-state index contributed by atoms with van der Waals surface area (Å²) in [7, 11) is 0. The van der Waals surface area contributed by atoms with Gasteiger partial charge in [0, 0.05) is 17.7 Å². The summed E-state index contributed by atoms with van der Waals surface area (Å²) >= 11 is 11.4. The van der Waals surface area contributed by atoms with Crippen LogP contribution in [0.5, 0.6) is 0 Å². The molecule has 3 rings (SSSR count). The molecule has 0 saturated heterocycles. The molecular formula is C23H20ClN3O2S. The number of amides is 2.